The van der Waals surface area contributed by atoms with Gasteiger partial charge in [0.1, 0.15) is 5.82 Å². The highest BCUT2D eigenvalue weighted by Gasteiger charge is 2.09. The third kappa shape index (κ3) is 5.05. The van der Waals surface area contributed by atoms with Crippen molar-refractivity contribution in [1.29, 1.82) is 0 Å². The minimum atomic E-state index is -0.294. The van der Waals surface area contributed by atoms with Crippen molar-refractivity contribution in [3.63, 3.8) is 0 Å². The molecule has 154 valence electrons. The van der Waals surface area contributed by atoms with Crippen LogP contribution in [0.25, 0.3) is 11.1 Å². The zero-order valence-corrected chi connectivity index (χ0v) is 17.3. The summed E-state index contributed by atoms with van der Waals surface area (Å²) in [5, 5.41) is 6.51. The number of carbonyl (C=O) groups excluding carboxylic acids is 1. The van der Waals surface area contributed by atoms with E-state index in [9.17, 15) is 9.18 Å². The molecule has 0 aliphatic rings. The predicted octanol–water partition coefficient (Wildman–Crippen LogP) is 6.24. The minimum absolute atomic E-state index is 0.254. The zero-order valence-electron chi connectivity index (χ0n) is 16.6. The van der Waals surface area contributed by atoms with Crippen LogP contribution < -0.4 is 10.6 Å². The van der Waals surface area contributed by atoms with E-state index in [1.807, 2.05) is 19.1 Å². The summed E-state index contributed by atoms with van der Waals surface area (Å²) in [5.74, 6) is -0.165. The van der Waals surface area contributed by atoms with Gasteiger partial charge in [0.15, 0.2) is 0 Å². The monoisotopic (exact) mass is 432 g/mol. The second-order valence-corrected chi connectivity index (χ2v) is 7.33. The van der Waals surface area contributed by atoms with Crippen molar-refractivity contribution in [1.82, 2.24) is 9.97 Å². The topological polar surface area (TPSA) is 66.9 Å². The summed E-state index contributed by atoms with van der Waals surface area (Å²) < 4.78 is 13.1. The lowest BCUT2D eigenvalue weighted by atomic mass is 10.1. The number of benzene rings is 3. The molecule has 5 nitrogen and oxygen atoms in total. The number of hydrogen-bond donors (Lipinski definition) is 2. The molecule has 0 spiro atoms. The Bertz CT molecular complexity index is 1230. The maximum Gasteiger partial charge on any atom is 0.255 e. The van der Waals surface area contributed by atoms with Gasteiger partial charge >= 0.3 is 0 Å². The summed E-state index contributed by atoms with van der Waals surface area (Å²) in [6, 6.07) is 18.5. The number of nitrogens with one attached hydrogen (secondary N) is 2. The first kappa shape index (κ1) is 20.5. The van der Waals surface area contributed by atoms with Gasteiger partial charge in [-0.2, -0.15) is 0 Å². The van der Waals surface area contributed by atoms with Crippen LogP contribution in [0.4, 0.5) is 21.7 Å². The lowest BCUT2D eigenvalue weighted by Gasteiger charge is -2.09. The van der Waals surface area contributed by atoms with E-state index in [1.54, 1.807) is 54.9 Å². The van der Waals surface area contributed by atoms with Gasteiger partial charge in [0.05, 0.1) is 0 Å². The van der Waals surface area contributed by atoms with E-state index < -0.39 is 0 Å². The molecule has 4 rings (SSSR count). The summed E-state index contributed by atoms with van der Waals surface area (Å²) in [4.78, 5) is 21.2. The fourth-order valence-electron chi connectivity index (χ4n) is 2.93. The third-order valence-electron chi connectivity index (χ3n) is 4.64. The van der Waals surface area contributed by atoms with Gasteiger partial charge in [0.2, 0.25) is 5.95 Å². The Hall–Kier alpha value is -3.77. The molecular formula is C24H18ClFN4O. The minimum Gasteiger partial charge on any atom is -0.324 e. The van der Waals surface area contributed by atoms with Crippen LogP contribution in [0.1, 0.15) is 15.9 Å². The molecule has 0 atom stereocenters. The van der Waals surface area contributed by atoms with Gasteiger partial charge in [-0.15, -0.1) is 0 Å². The highest BCUT2D eigenvalue weighted by molar-refractivity contribution is 6.31. The van der Waals surface area contributed by atoms with Crippen LogP contribution >= 0.6 is 11.6 Å². The van der Waals surface area contributed by atoms with Crippen LogP contribution in [0, 0.1) is 12.7 Å². The largest absolute Gasteiger partial charge is 0.324 e. The standard InChI is InChI=1S/C24H18ClFN4O/c1-15-5-10-21(12-22(15)25)29-23(31)17-3-2-4-20(11-17)30-24-27-13-18(14-28-24)16-6-8-19(26)9-7-16/h2-14H,1H3,(H,29,31)(H,27,28,30). The van der Waals surface area contributed by atoms with Gasteiger partial charge in [-0.3, -0.25) is 4.79 Å². The summed E-state index contributed by atoms with van der Waals surface area (Å²) >= 11 is 6.12. The maximum absolute atomic E-state index is 13.1. The van der Waals surface area contributed by atoms with Crippen molar-refractivity contribution in [3.8, 4) is 11.1 Å². The number of anilines is 3. The van der Waals surface area contributed by atoms with E-state index >= 15 is 0 Å². The smallest absolute Gasteiger partial charge is 0.255 e. The number of aryl methyl sites for hydroxylation is 1. The number of halogens is 2. The molecule has 1 amide bonds. The van der Waals surface area contributed by atoms with Gasteiger partial charge in [-0.05, 0) is 60.5 Å². The number of amides is 1. The van der Waals surface area contributed by atoms with Gasteiger partial charge in [0, 0.05) is 39.9 Å². The molecule has 31 heavy (non-hydrogen) atoms. The maximum atomic E-state index is 13.1. The molecule has 0 saturated heterocycles. The first-order chi connectivity index (χ1) is 15.0. The normalized spacial score (nSPS) is 10.5. The molecule has 0 aliphatic heterocycles. The molecule has 7 heteroatoms. The summed E-state index contributed by atoms with van der Waals surface area (Å²) in [7, 11) is 0. The highest BCUT2D eigenvalue weighted by Crippen LogP contribution is 2.22. The van der Waals surface area contributed by atoms with Crippen LogP contribution in [-0.4, -0.2) is 15.9 Å². The van der Waals surface area contributed by atoms with Crippen LogP contribution in [-0.2, 0) is 0 Å². The highest BCUT2D eigenvalue weighted by atomic mass is 35.5. The van der Waals surface area contributed by atoms with Gasteiger partial charge < -0.3 is 10.6 Å². The summed E-state index contributed by atoms with van der Waals surface area (Å²) in [6.45, 7) is 1.90. The Morgan fingerprint density at radius 1 is 0.903 bits per heavy atom. The van der Waals surface area contributed by atoms with E-state index in [4.69, 9.17) is 11.6 Å². The first-order valence-electron chi connectivity index (χ1n) is 9.50. The molecule has 3 aromatic carbocycles. The molecule has 4 aromatic rings. The van der Waals surface area contributed by atoms with Crippen molar-refractivity contribution in [2.24, 2.45) is 0 Å². The van der Waals surface area contributed by atoms with E-state index in [2.05, 4.69) is 20.6 Å². The fourth-order valence-corrected chi connectivity index (χ4v) is 3.11. The van der Waals surface area contributed by atoms with Gasteiger partial charge in [0.25, 0.3) is 5.91 Å². The number of carbonyl (C=O) groups is 1. The molecule has 0 radical (unpaired) electrons. The van der Waals surface area contributed by atoms with Crippen molar-refractivity contribution in [2.45, 2.75) is 6.92 Å². The van der Waals surface area contributed by atoms with E-state index in [-0.39, 0.29) is 11.7 Å². The molecule has 0 bridgehead atoms. The Morgan fingerprint density at radius 3 is 2.35 bits per heavy atom. The SMILES string of the molecule is Cc1ccc(NC(=O)c2cccc(Nc3ncc(-c4ccc(F)cc4)cn3)c2)cc1Cl. The Labute approximate surface area is 184 Å². The first-order valence-corrected chi connectivity index (χ1v) is 9.88. The second-order valence-electron chi connectivity index (χ2n) is 6.93. The lowest BCUT2D eigenvalue weighted by Crippen LogP contribution is -2.12. The summed E-state index contributed by atoms with van der Waals surface area (Å²) in [6.07, 6.45) is 3.31. The van der Waals surface area contributed by atoms with Crippen LogP contribution in [0.2, 0.25) is 5.02 Å². The second kappa shape index (κ2) is 8.93. The Balaban J connectivity index is 1.46. The predicted molar refractivity (Wildman–Crippen MR) is 121 cm³/mol. The van der Waals surface area contributed by atoms with E-state index in [0.717, 1.165) is 16.7 Å². The molecule has 2 N–H and O–H groups in total. The zero-order chi connectivity index (χ0) is 21.8. The van der Waals surface area contributed by atoms with Crippen LogP contribution in [0.3, 0.4) is 0 Å². The lowest BCUT2D eigenvalue weighted by molar-refractivity contribution is 0.102. The molecule has 1 heterocycles. The molecule has 0 aliphatic carbocycles. The van der Waals surface area contributed by atoms with Crippen molar-refractivity contribution in [3.05, 3.63) is 101 Å². The Kier molecular flexibility index (Phi) is 5.91. The average molecular weight is 433 g/mol. The van der Waals surface area contributed by atoms with Crippen molar-refractivity contribution < 1.29 is 9.18 Å². The Morgan fingerprint density at radius 2 is 1.65 bits per heavy atom. The average Bonchev–Trinajstić information content (AvgIpc) is 2.78. The van der Waals surface area contributed by atoms with Crippen molar-refractivity contribution in [2.75, 3.05) is 10.6 Å². The molecule has 0 fully saturated rings. The van der Waals surface area contributed by atoms with Crippen LogP contribution in [0.5, 0.6) is 0 Å². The fraction of sp³-hybridized carbons (Fsp3) is 0.0417. The van der Waals surface area contributed by atoms with Gasteiger partial charge in [-0.1, -0.05) is 35.9 Å². The van der Waals surface area contributed by atoms with Crippen LogP contribution in [0.15, 0.2) is 79.1 Å². The number of rotatable bonds is 5. The summed E-state index contributed by atoms with van der Waals surface area (Å²) in [5.41, 5.74) is 4.31. The molecule has 0 unspecified atom stereocenters. The van der Waals surface area contributed by atoms with E-state index in [1.165, 1.54) is 12.1 Å². The quantitative estimate of drug-likeness (QED) is 0.391. The van der Waals surface area contributed by atoms with E-state index in [0.29, 0.717) is 27.9 Å². The number of aromatic nitrogens is 2. The molecular weight excluding hydrogens is 415 g/mol. The number of hydrogen-bond acceptors (Lipinski definition) is 4. The van der Waals surface area contributed by atoms with Crippen molar-refractivity contribution >= 4 is 34.8 Å². The molecule has 0 saturated carbocycles. The van der Waals surface area contributed by atoms with Gasteiger partial charge in [-0.25, -0.2) is 14.4 Å². The molecule has 1 aromatic heterocycles. The third-order valence-corrected chi connectivity index (χ3v) is 5.05. The number of nitrogens with zero attached hydrogens (tertiary/aromatic N) is 2.